The minimum atomic E-state index is -0.408. The largest absolute Gasteiger partial charge is 0.507 e. The van der Waals surface area contributed by atoms with E-state index in [1.165, 1.54) is 22.9 Å². The number of halogens is 1. The van der Waals surface area contributed by atoms with Crippen molar-refractivity contribution >= 4 is 17.6 Å². The molecular formula is C26H29FN4O3. The van der Waals surface area contributed by atoms with Crippen LogP contribution in [-0.2, 0) is 11.3 Å². The zero-order chi connectivity index (χ0) is 24.2. The van der Waals surface area contributed by atoms with Gasteiger partial charge in [-0.05, 0) is 54.7 Å². The van der Waals surface area contributed by atoms with Crippen LogP contribution in [0.15, 0.2) is 48.5 Å². The molecule has 1 aliphatic carbocycles. The third-order valence-corrected chi connectivity index (χ3v) is 5.94. The molecule has 0 spiro atoms. The number of amides is 2. The Hall–Kier alpha value is -3.68. The van der Waals surface area contributed by atoms with Crippen LogP contribution in [0.3, 0.4) is 0 Å². The third-order valence-electron chi connectivity index (χ3n) is 5.94. The Morgan fingerprint density at radius 1 is 1.18 bits per heavy atom. The predicted octanol–water partition coefficient (Wildman–Crippen LogP) is 5.40. The van der Waals surface area contributed by atoms with Gasteiger partial charge in [0.1, 0.15) is 11.6 Å². The highest BCUT2D eigenvalue weighted by molar-refractivity contribution is 5.91. The molecule has 3 N–H and O–H groups in total. The summed E-state index contributed by atoms with van der Waals surface area (Å²) in [6.07, 6.45) is 3.42. The predicted molar refractivity (Wildman–Crippen MR) is 128 cm³/mol. The summed E-state index contributed by atoms with van der Waals surface area (Å²) in [4.78, 5) is 25.0. The van der Waals surface area contributed by atoms with Crippen LogP contribution in [-0.4, -0.2) is 26.8 Å². The average molecular weight is 465 g/mol. The zero-order valence-electron chi connectivity index (χ0n) is 19.3. The number of hydrogen-bond acceptors (Lipinski definition) is 4. The molecule has 1 fully saturated rings. The molecule has 0 radical (unpaired) electrons. The molecule has 1 aliphatic rings. The lowest BCUT2D eigenvalue weighted by atomic mass is 9.82. The molecule has 2 aromatic carbocycles. The number of aromatic hydroxyl groups is 1. The first-order chi connectivity index (χ1) is 16.3. The SMILES string of the molecule is CC(C)CC(=O)Nc1ccc(-c2cc(C3CCC3)n(C(=O)NCc3cccc(F)c3)n2)c(O)c1. The molecule has 34 heavy (non-hydrogen) atoms. The standard InChI is InChI=1S/C26H29FN4O3/c1-16(2)11-25(33)29-20-9-10-21(24(32)13-20)22-14-23(18-6-4-7-18)31(30-22)26(34)28-15-17-5-3-8-19(27)12-17/h3,5,8-10,12-14,16,18,32H,4,6-7,11,15H2,1-2H3,(H,28,34)(H,29,33). The van der Waals surface area contributed by atoms with Crippen molar-refractivity contribution in [2.75, 3.05) is 5.32 Å². The van der Waals surface area contributed by atoms with Crippen LogP contribution in [0.4, 0.5) is 14.9 Å². The van der Waals surface area contributed by atoms with Gasteiger partial charge in [0.15, 0.2) is 0 Å². The Morgan fingerprint density at radius 2 is 1.97 bits per heavy atom. The Morgan fingerprint density at radius 3 is 2.62 bits per heavy atom. The van der Waals surface area contributed by atoms with Gasteiger partial charge in [-0.2, -0.15) is 9.78 Å². The highest BCUT2D eigenvalue weighted by atomic mass is 19.1. The van der Waals surface area contributed by atoms with Crippen molar-refractivity contribution in [3.8, 4) is 17.0 Å². The van der Waals surface area contributed by atoms with E-state index in [0.717, 1.165) is 25.0 Å². The summed E-state index contributed by atoms with van der Waals surface area (Å²) in [5, 5.41) is 20.7. The van der Waals surface area contributed by atoms with E-state index in [2.05, 4.69) is 15.7 Å². The molecule has 1 saturated carbocycles. The van der Waals surface area contributed by atoms with Crippen molar-refractivity contribution in [2.45, 2.75) is 52.0 Å². The molecule has 1 aromatic heterocycles. The molecule has 0 aliphatic heterocycles. The van der Waals surface area contributed by atoms with Gasteiger partial charge in [0, 0.05) is 36.2 Å². The minimum Gasteiger partial charge on any atom is -0.507 e. The number of hydrogen-bond donors (Lipinski definition) is 3. The van der Waals surface area contributed by atoms with E-state index >= 15 is 0 Å². The maximum atomic E-state index is 13.4. The van der Waals surface area contributed by atoms with Crippen LogP contribution < -0.4 is 10.6 Å². The van der Waals surface area contributed by atoms with Crippen molar-refractivity contribution in [1.29, 1.82) is 0 Å². The second-order valence-electron chi connectivity index (χ2n) is 9.16. The highest BCUT2D eigenvalue weighted by Crippen LogP contribution is 2.39. The van der Waals surface area contributed by atoms with Gasteiger partial charge in [0.05, 0.1) is 11.4 Å². The number of phenolic OH excluding ortho intramolecular Hbond substituents is 1. The van der Waals surface area contributed by atoms with Crippen LogP contribution in [0.25, 0.3) is 11.3 Å². The number of aromatic nitrogens is 2. The van der Waals surface area contributed by atoms with Gasteiger partial charge < -0.3 is 15.7 Å². The van der Waals surface area contributed by atoms with Gasteiger partial charge in [0.25, 0.3) is 0 Å². The lowest BCUT2D eigenvalue weighted by Crippen LogP contribution is -2.31. The number of carbonyl (C=O) groups is 2. The molecule has 0 bridgehead atoms. The van der Waals surface area contributed by atoms with Crippen LogP contribution in [0.1, 0.15) is 56.7 Å². The van der Waals surface area contributed by atoms with Crippen molar-refractivity contribution in [3.63, 3.8) is 0 Å². The van der Waals surface area contributed by atoms with Crippen molar-refractivity contribution in [2.24, 2.45) is 5.92 Å². The second kappa shape index (κ2) is 10.1. The smallest absolute Gasteiger partial charge is 0.342 e. The van der Waals surface area contributed by atoms with Gasteiger partial charge in [-0.25, -0.2) is 9.18 Å². The quantitative estimate of drug-likeness (QED) is 0.436. The number of anilines is 1. The molecule has 0 saturated heterocycles. The van der Waals surface area contributed by atoms with Gasteiger partial charge >= 0.3 is 6.03 Å². The summed E-state index contributed by atoms with van der Waals surface area (Å²) < 4.78 is 14.8. The van der Waals surface area contributed by atoms with E-state index in [1.807, 2.05) is 19.9 Å². The van der Waals surface area contributed by atoms with E-state index < -0.39 is 6.03 Å². The van der Waals surface area contributed by atoms with Crippen LogP contribution in [0.5, 0.6) is 5.75 Å². The minimum absolute atomic E-state index is 0.0349. The van der Waals surface area contributed by atoms with Crippen LogP contribution in [0, 0.1) is 11.7 Å². The summed E-state index contributed by atoms with van der Waals surface area (Å²) in [7, 11) is 0. The molecular weight excluding hydrogens is 435 g/mol. The lowest BCUT2D eigenvalue weighted by molar-refractivity contribution is -0.116. The number of carbonyl (C=O) groups excluding carboxylic acids is 2. The molecule has 0 unspecified atom stereocenters. The number of nitrogens with zero attached hydrogens (tertiary/aromatic N) is 2. The van der Waals surface area contributed by atoms with Gasteiger partial charge in [0.2, 0.25) is 5.91 Å². The van der Waals surface area contributed by atoms with E-state index in [-0.39, 0.29) is 35.9 Å². The molecule has 4 rings (SSSR count). The lowest BCUT2D eigenvalue weighted by Gasteiger charge is -2.25. The van der Waals surface area contributed by atoms with E-state index in [4.69, 9.17) is 0 Å². The highest BCUT2D eigenvalue weighted by Gasteiger charge is 2.27. The molecule has 2 amide bonds. The second-order valence-corrected chi connectivity index (χ2v) is 9.16. The normalized spacial score (nSPS) is 13.5. The summed E-state index contributed by atoms with van der Waals surface area (Å²) in [6, 6.07) is 12.4. The number of nitrogens with one attached hydrogen (secondary N) is 2. The molecule has 1 heterocycles. The zero-order valence-corrected chi connectivity index (χ0v) is 19.3. The fourth-order valence-corrected chi connectivity index (χ4v) is 3.99. The monoisotopic (exact) mass is 464 g/mol. The first kappa shape index (κ1) is 23.5. The van der Waals surface area contributed by atoms with E-state index in [9.17, 15) is 19.1 Å². The van der Waals surface area contributed by atoms with Gasteiger partial charge in [-0.1, -0.05) is 32.4 Å². The Balaban J connectivity index is 1.55. The molecule has 7 nitrogen and oxygen atoms in total. The van der Waals surface area contributed by atoms with Crippen LogP contribution in [0.2, 0.25) is 0 Å². The summed E-state index contributed by atoms with van der Waals surface area (Å²) in [5.74, 6) is -0.0599. The van der Waals surface area contributed by atoms with Gasteiger partial charge in [-0.15, -0.1) is 0 Å². The fraction of sp³-hybridized carbons (Fsp3) is 0.346. The third kappa shape index (κ3) is 5.44. The molecule has 178 valence electrons. The van der Waals surface area contributed by atoms with Gasteiger partial charge in [-0.3, -0.25) is 4.79 Å². The topological polar surface area (TPSA) is 96.3 Å². The number of phenols is 1. The molecule has 0 atom stereocenters. The Kier molecular flexibility index (Phi) is 6.95. The fourth-order valence-electron chi connectivity index (χ4n) is 3.99. The molecule has 3 aromatic rings. The van der Waals surface area contributed by atoms with Crippen molar-refractivity contribution < 1.29 is 19.1 Å². The summed E-state index contributed by atoms with van der Waals surface area (Å²) >= 11 is 0. The number of rotatable bonds is 7. The van der Waals surface area contributed by atoms with Crippen molar-refractivity contribution in [3.05, 3.63) is 65.6 Å². The Bertz CT molecular complexity index is 1200. The summed E-state index contributed by atoms with van der Waals surface area (Å²) in [5.41, 5.74) is 2.88. The first-order valence-electron chi connectivity index (χ1n) is 11.6. The first-order valence-corrected chi connectivity index (χ1v) is 11.6. The Labute approximate surface area is 198 Å². The maximum absolute atomic E-state index is 13.4. The average Bonchev–Trinajstić information content (AvgIpc) is 3.14. The number of benzene rings is 2. The van der Waals surface area contributed by atoms with Crippen molar-refractivity contribution in [1.82, 2.24) is 15.1 Å². The van der Waals surface area contributed by atoms with E-state index in [0.29, 0.717) is 28.9 Å². The maximum Gasteiger partial charge on any atom is 0.342 e. The van der Waals surface area contributed by atoms with Crippen LogP contribution >= 0.6 is 0 Å². The summed E-state index contributed by atoms with van der Waals surface area (Å²) in [6.45, 7) is 4.10. The van der Waals surface area contributed by atoms with E-state index in [1.54, 1.807) is 24.3 Å². The molecule has 8 heteroatoms.